The van der Waals surface area contributed by atoms with E-state index >= 15 is 0 Å². The highest BCUT2D eigenvalue weighted by molar-refractivity contribution is 7.90. The summed E-state index contributed by atoms with van der Waals surface area (Å²) in [6, 6.07) is 3.98. The predicted octanol–water partition coefficient (Wildman–Crippen LogP) is 4.54. The summed E-state index contributed by atoms with van der Waals surface area (Å²) in [6.45, 7) is 11.0. The minimum atomic E-state index is -3.46. The molecular formula is C24H33N3O4S. The summed E-state index contributed by atoms with van der Waals surface area (Å²) in [5, 5.41) is 0. The van der Waals surface area contributed by atoms with Gasteiger partial charge < -0.3 is 14.0 Å². The van der Waals surface area contributed by atoms with Crippen LogP contribution in [-0.4, -0.2) is 49.5 Å². The molecule has 8 heteroatoms. The lowest BCUT2D eigenvalue weighted by atomic mass is 10.0. The first-order chi connectivity index (χ1) is 15.2. The van der Waals surface area contributed by atoms with Gasteiger partial charge in [0.25, 0.3) is 0 Å². The zero-order valence-electron chi connectivity index (χ0n) is 20.0. The molecule has 0 spiro atoms. The first-order valence-corrected chi connectivity index (χ1v) is 12.9. The van der Waals surface area contributed by atoms with E-state index in [-0.39, 0.29) is 10.9 Å². The van der Waals surface area contributed by atoms with Gasteiger partial charge in [-0.05, 0) is 56.9 Å². The fraction of sp³-hybridized carbons (Fsp3) is 0.500. The molecule has 0 aliphatic carbocycles. The molecule has 3 aromatic rings. The lowest BCUT2D eigenvalue weighted by Crippen LogP contribution is -2.10. The molecular weight excluding hydrogens is 426 g/mol. The Bertz CT molecular complexity index is 1230. The first kappa shape index (κ1) is 24.2. The molecule has 0 saturated heterocycles. The zero-order chi connectivity index (χ0) is 23.6. The van der Waals surface area contributed by atoms with E-state index in [9.17, 15) is 8.42 Å². The van der Waals surface area contributed by atoms with E-state index in [0.29, 0.717) is 42.5 Å². The van der Waals surface area contributed by atoms with Crippen molar-refractivity contribution in [2.24, 2.45) is 0 Å². The third kappa shape index (κ3) is 4.52. The van der Waals surface area contributed by atoms with Crippen LogP contribution < -0.4 is 4.74 Å². The maximum Gasteiger partial charge on any atom is 0.223 e. The molecule has 0 aliphatic rings. The minimum Gasteiger partial charge on any atom is -0.477 e. The molecule has 0 aromatic carbocycles. The Kier molecular flexibility index (Phi) is 7.25. The Labute approximate surface area is 190 Å². The summed E-state index contributed by atoms with van der Waals surface area (Å²) in [4.78, 5) is 9.85. The quantitative estimate of drug-likeness (QED) is 0.467. The van der Waals surface area contributed by atoms with Crippen molar-refractivity contribution in [3.8, 4) is 17.1 Å². The normalized spacial score (nSPS) is 13.0. The van der Waals surface area contributed by atoms with Crippen molar-refractivity contribution >= 4 is 20.9 Å². The fourth-order valence-corrected chi connectivity index (χ4v) is 5.01. The average Bonchev–Trinajstić information content (AvgIpc) is 3.07. The van der Waals surface area contributed by atoms with Crippen molar-refractivity contribution < 1.29 is 17.9 Å². The average molecular weight is 460 g/mol. The molecule has 32 heavy (non-hydrogen) atoms. The van der Waals surface area contributed by atoms with Crippen molar-refractivity contribution in [1.29, 1.82) is 0 Å². The number of ether oxygens (including phenoxy) is 2. The number of aromatic nitrogens is 3. The highest BCUT2D eigenvalue weighted by Crippen LogP contribution is 2.36. The van der Waals surface area contributed by atoms with Gasteiger partial charge in [0, 0.05) is 19.6 Å². The van der Waals surface area contributed by atoms with Gasteiger partial charge in [-0.1, -0.05) is 13.8 Å². The molecule has 1 atom stereocenters. The molecule has 0 amide bonds. The molecule has 0 saturated carbocycles. The van der Waals surface area contributed by atoms with Crippen LogP contribution in [0, 0.1) is 6.92 Å². The third-order valence-electron chi connectivity index (χ3n) is 5.63. The van der Waals surface area contributed by atoms with E-state index in [1.165, 1.54) is 6.26 Å². The summed E-state index contributed by atoms with van der Waals surface area (Å²) in [5.41, 5.74) is 5.80. The number of aryl methyl sites for hydroxylation is 3. The van der Waals surface area contributed by atoms with Crippen molar-refractivity contribution in [3.63, 3.8) is 0 Å². The minimum absolute atomic E-state index is 0.162. The molecule has 3 heterocycles. The topological polar surface area (TPSA) is 83.3 Å². The monoisotopic (exact) mass is 459 g/mol. The number of nitrogens with zero attached hydrogens (tertiary/aromatic N) is 3. The van der Waals surface area contributed by atoms with Crippen LogP contribution in [-0.2, 0) is 27.4 Å². The molecule has 3 rings (SSSR count). The predicted molar refractivity (Wildman–Crippen MR) is 127 cm³/mol. The Morgan fingerprint density at radius 1 is 1.12 bits per heavy atom. The molecule has 0 radical (unpaired) electrons. The van der Waals surface area contributed by atoms with Gasteiger partial charge in [-0.15, -0.1) is 0 Å². The molecule has 3 aromatic heterocycles. The van der Waals surface area contributed by atoms with E-state index in [1.54, 1.807) is 13.2 Å². The maximum atomic E-state index is 12.5. The number of sulfone groups is 1. The highest BCUT2D eigenvalue weighted by atomic mass is 32.2. The van der Waals surface area contributed by atoms with E-state index in [4.69, 9.17) is 14.5 Å². The Morgan fingerprint density at radius 2 is 1.84 bits per heavy atom. The van der Waals surface area contributed by atoms with Crippen LogP contribution in [0.5, 0.6) is 5.88 Å². The number of fused-ring (bicyclic) bond motifs is 1. The molecule has 0 unspecified atom stereocenters. The van der Waals surface area contributed by atoms with Crippen LogP contribution in [0.2, 0.25) is 0 Å². The van der Waals surface area contributed by atoms with Crippen molar-refractivity contribution in [2.75, 3.05) is 26.6 Å². The van der Waals surface area contributed by atoms with Gasteiger partial charge in [-0.2, -0.15) is 0 Å². The lowest BCUT2D eigenvalue weighted by molar-refractivity contribution is 0.164. The second-order valence-corrected chi connectivity index (χ2v) is 10.1. The highest BCUT2D eigenvalue weighted by Gasteiger charge is 2.23. The van der Waals surface area contributed by atoms with Crippen LogP contribution >= 0.6 is 0 Å². The summed E-state index contributed by atoms with van der Waals surface area (Å²) >= 11 is 0. The Hall–Kier alpha value is -2.45. The van der Waals surface area contributed by atoms with Crippen LogP contribution in [0.4, 0.5) is 0 Å². The summed E-state index contributed by atoms with van der Waals surface area (Å²) in [7, 11) is -1.76. The molecule has 0 bridgehead atoms. The number of hydrogen-bond donors (Lipinski definition) is 0. The molecule has 0 fully saturated rings. The van der Waals surface area contributed by atoms with Gasteiger partial charge in [0.1, 0.15) is 0 Å². The van der Waals surface area contributed by atoms with Crippen LogP contribution in [0.25, 0.3) is 22.3 Å². The van der Waals surface area contributed by atoms with Gasteiger partial charge in [0.2, 0.25) is 5.88 Å². The third-order valence-corrected chi connectivity index (χ3v) is 6.78. The van der Waals surface area contributed by atoms with Crippen LogP contribution in [0.1, 0.15) is 50.6 Å². The van der Waals surface area contributed by atoms with Gasteiger partial charge in [-0.25, -0.2) is 18.4 Å². The Balaban J connectivity index is 2.34. The SMILES string of the molecule is CCOc1nc(CC)c(S(C)(=O)=O)cc1-c1nc2c(C)cn([C@H](C)COC)c2cc1CC. The number of rotatable bonds is 9. The van der Waals surface area contributed by atoms with Crippen LogP contribution in [0.3, 0.4) is 0 Å². The van der Waals surface area contributed by atoms with E-state index in [1.807, 2.05) is 20.8 Å². The summed E-state index contributed by atoms with van der Waals surface area (Å²) in [5.74, 6) is 0.420. The largest absolute Gasteiger partial charge is 0.477 e. The van der Waals surface area contributed by atoms with Gasteiger partial charge in [-0.3, -0.25) is 0 Å². The molecule has 0 N–H and O–H groups in total. The maximum absolute atomic E-state index is 12.5. The van der Waals surface area contributed by atoms with Gasteiger partial charge >= 0.3 is 0 Å². The first-order valence-electron chi connectivity index (χ1n) is 11.0. The standard InChI is InChI=1S/C24H33N3O4S/c1-8-17-11-20-22(15(4)13-27(20)16(5)14-30-6)26-23(17)18-12-21(32(7,28)29)19(9-2)25-24(18)31-10-3/h11-13,16H,8-10,14H2,1-7H3/t16-/m1/s1. The molecule has 0 aliphatic heterocycles. The molecule has 7 nitrogen and oxygen atoms in total. The second kappa shape index (κ2) is 9.58. The number of methoxy groups -OCH3 is 1. The fourth-order valence-electron chi connectivity index (χ4n) is 4.06. The smallest absolute Gasteiger partial charge is 0.223 e. The van der Waals surface area contributed by atoms with E-state index < -0.39 is 9.84 Å². The lowest BCUT2D eigenvalue weighted by Gasteiger charge is -2.17. The van der Waals surface area contributed by atoms with Gasteiger partial charge in [0.05, 0.1) is 52.1 Å². The van der Waals surface area contributed by atoms with Crippen molar-refractivity contribution in [2.45, 2.75) is 58.4 Å². The molecule has 174 valence electrons. The second-order valence-electron chi connectivity index (χ2n) is 8.09. The summed E-state index contributed by atoms with van der Waals surface area (Å²) in [6.07, 6.45) is 4.53. The van der Waals surface area contributed by atoms with E-state index in [0.717, 1.165) is 28.6 Å². The van der Waals surface area contributed by atoms with Gasteiger partial charge in [0.15, 0.2) is 9.84 Å². The zero-order valence-corrected chi connectivity index (χ0v) is 20.8. The summed E-state index contributed by atoms with van der Waals surface area (Å²) < 4.78 is 38.4. The van der Waals surface area contributed by atoms with Crippen molar-refractivity contribution in [1.82, 2.24) is 14.5 Å². The number of pyridine rings is 2. The Morgan fingerprint density at radius 3 is 2.41 bits per heavy atom. The van der Waals surface area contributed by atoms with E-state index in [2.05, 4.69) is 35.7 Å². The number of hydrogen-bond acceptors (Lipinski definition) is 6. The van der Waals surface area contributed by atoms with Crippen molar-refractivity contribution in [3.05, 3.63) is 35.2 Å². The van der Waals surface area contributed by atoms with Crippen LogP contribution in [0.15, 0.2) is 23.2 Å².